The number of hydrogen-bond acceptors (Lipinski definition) is 4. The van der Waals surface area contributed by atoms with Gasteiger partial charge in [-0.1, -0.05) is 29.8 Å². The summed E-state index contributed by atoms with van der Waals surface area (Å²) in [6, 6.07) is 9.14. The highest BCUT2D eigenvalue weighted by Crippen LogP contribution is 2.16. The van der Waals surface area contributed by atoms with Crippen molar-refractivity contribution in [3.63, 3.8) is 0 Å². The lowest BCUT2D eigenvalue weighted by atomic mass is 10.2. The quantitative estimate of drug-likeness (QED) is 0.803. The highest BCUT2D eigenvalue weighted by molar-refractivity contribution is 6.31. The fraction of sp³-hybridized carbons (Fsp3) is 0.154. The topological polar surface area (TPSA) is 67.9 Å². The molecule has 0 spiro atoms. The molecule has 1 aromatic carbocycles. The van der Waals surface area contributed by atoms with Crippen LogP contribution in [-0.4, -0.2) is 22.4 Å². The summed E-state index contributed by atoms with van der Waals surface area (Å²) in [6.45, 7) is 0.194. The lowest BCUT2D eigenvalue weighted by molar-refractivity contribution is 0.0555. The minimum Gasteiger partial charge on any atom is -0.447 e. The minimum absolute atomic E-state index is 0.269. The normalized spacial score (nSPS) is 9.89. The van der Waals surface area contributed by atoms with E-state index in [9.17, 15) is 4.79 Å². The second-order valence-electron chi connectivity index (χ2n) is 3.75. The molecule has 0 atom stereocenters. The number of aromatic nitrogens is 2. The second kappa shape index (κ2) is 6.03. The van der Waals surface area contributed by atoms with Gasteiger partial charge >= 0.3 is 5.97 Å². The van der Waals surface area contributed by atoms with Gasteiger partial charge in [-0.3, -0.25) is 4.68 Å². The Labute approximate surface area is 115 Å². The smallest absolute Gasteiger partial charge is 0.342 e. The second-order valence-corrected chi connectivity index (χ2v) is 4.16. The number of rotatable bonds is 4. The van der Waals surface area contributed by atoms with Gasteiger partial charge in [-0.15, -0.1) is 0 Å². The molecule has 6 heteroatoms. The summed E-state index contributed by atoms with van der Waals surface area (Å²) in [4.78, 5) is 11.5. The zero-order valence-corrected chi connectivity index (χ0v) is 10.7. The van der Waals surface area contributed by atoms with E-state index in [1.165, 1.54) is 6.20 Å². The van der Waals surface area contributed by atoms with Crippen LogP contribution in [0.3, 0.4) is 0 Å². The Balaban J connectivity index is 2.08. The van der Waals surface area contributed by atoms with Crippen LogP contribution < -0.4 is 0 Å². The third-order valence-electron chi connectivity index (χ3n) is 2.43. The number of benzene rings is 1. The maximum atomic E-state index is 11.5. The van der Waals surface area contributed by atoms with Crippen molar-refractivity contribution >= 4 is 17.6 Å². The van der Waals surface area contributed by atoms with Crippen molar-refractivity contribution in [1.29, 1.82) is 5.26 Å². The Morgan fingerprint density at radius 2 is 2.26 bits per heavy atom. The Bertz CT molecular complexity index is 631. The first kappa shape index (κ1) is 13.1. The number of esters is 1. The Morgan fingerprint density at radius 1 is 1.47 bits per heavy atom. The third-order valence-corrected chi connectivity index (χ3v) is 2.80. The van der Waals surface area contributed by atoms with Gasteiger partial charge in [0.05, 0.1) is 18.3 Å². The Hall–Kier alpha value is -2.32. The van der Waals surface area contributed by atoms with E-state index in [0.717, 1.165) is 5.56 Å². The fourth-order valence-corrected chi connectivity index (χ4v) is 1.73. The zero-order valence-electron chi connectivity index (χ0n) is 9.91. The van der Waals surface area contributed by atoms with Crippen LogP contribution in [-0.2, 0) is 11.3 Å². The van der Waals surface area contributed by atoms with Crippen LogP contribution in [0.25, 0.3) is 0 Å². The zero-order chi connectivity index (χ0) is 13.7. The van der Waals surface area contributed by atoms with Gasteiger partial charge in [0.15, 0.2) is 6.61 Å². The van der Waals surface area contributed by atoms with E-state index in [1.807, 2.05) is 18.2 Å². The molecule has 0 radical (unpaired) electrons. The van der Waals surface area contributed by atoms with Crippen LogP contribution in [0.1, 0.15) is 15.9 Å². The monoisotopic (exact) mass is 275 g/mol. The van der Waals surface area contributed by atoms with Crippen molar-refractivity contribution in [1.82, 2.24) is 9.78 Å². The maximum Gasteiger partial charge on any atom is 0.342 e. The van der Waals surface area contributed by atoms with Gasteiger partial charge in [-0.25, -0.2) is 4.79 Å². The van der Waals surface area contributed by atoms with Gasteiger partial charge in [0.1, 0.15) is 6.07 Å². The molecule has 96 valence electrons. The molecule has 0 unspecified atom stereocenters. The summed E-state index contributed by atoms with van der Waals surface area (Å²) in [6.07, 6.45) is 2.96. The number of hydrogen-bond donors (Lipinski definition) is 0. The largest absolute Gasteiger partial charge is 0.447 e. The van der Waals surface area contributed by atoms with Crippen molar-refractivity contribution in [3.05, 3.63) is 52.8 Å². The van der Waals surface area contributed by atoms with Crippen LogP contribution in [0.5, 0.6) is 0 Å². The minimum atomic E-state index is -0.563. The molecule has 5 nitrogen and oxygen atoms in total. The molecular formula is C13H10ClN3O2. The number of carbonyl (C=O) groups excluding carboxylic acids is 1. The highest BCUT2D eigenvalue weighted by atomic mass is 35.5. The summed E-state index contributed by atoms with van der Waals surface area (Å²) in [7, 11) is 0. The standard InChI is InChI=1S/C13H10ClN3O2/c14-12-4-2-1-3-10(12)8-17-9-11(7-16-17)13(18)19-6-5-15/h1-4,7,9H,6,8H2. The first-order chi connectivity index (χ1) is 9.20. The molecule has 0 N–H and O–H groups in total. The predicted molar refractivity (Wildman–Crippen MR) is 68.7 cm³/mol. The molecule has 0 saturated carbocycles. The molecule has 0 bridgehead atoms. The van der Waals surface area contributed by atoms with Crippen LogP contribution in [0.4, 0.5) is 0 Å². The molecule has 2 aromatic rings. The van der Waals surface area contributed by atoms with E-state index in [2.05, 4.69) is 9.84 Å². The van der Waals surface area contributed by atoms with Crippen LogP contribution in [0, 0.1) is 11.3 Å². The maximum absolute atomic E-state index is 11.5. The number of ether oxygens (including phenoxy) is 1. The summed E-state index contributed by atoms with van der Waals surface area (Å²) in [5.74, 6) is -0.563. The molecule has 0 aliphatic heterocycles. The predicted octanol–water partition coefficient (Wildman–Crippen LogP) is 2.27. The van der Waals surface area contributed by atoms with E-state index < -0.39 is 5.97 Å². The van der Waals surface area contributed by atoms with Crippen molar-refractivity contribution in [3.8, 4) is 6.07 Å². The van der Waals surface area contributed by atoms with E-state index in [1.54, 1.807) is 23.0 Å². The molecular weight excluding hydrogens is 266 g/mol. The molecule has 0 aliphatic carbocycles. The van der Waals surface area contributed by atoms with E-state index in [4.69, 9.17) is 16.9 Å². The average molecular weight is 276 g/mol. The lowest BCUT2D eigenvalue weighted by Gasteiger charge is -2.03. The first-order valence-corrected chi connectivity index (χ1v) is 5.88. The molecule has 2 rings (SSSR count). The molecule has 1 heterocycles. The van der Waals surface area contributed by atoms with E-state index in [-0.39, 0.29) is 6.61 Å². The number of nitriles is 1. The van der Waals surface area contributed by atoms with Crippen LogP contribution in [0.2, 0.25) is 5.02 Å². The molecule has 19 heavy (non-hydrogen) atoms. The van der Waals surface area contributed by atoms with Crippen molar-refractivity contribution < 1.29 is 9.53 Å². The fourth-order valence-electron chi connectivity index (χ4n) is 1.54. The third kappa shape index (κ3) is 3.33. The Morgan fingerprint density at radius 3 is 3.00 bits per heavy atom. The van der Waals surface area contributed by atoms with E-state index in [0.29, 0.717) is 17.1 Å². The average Bonchev–Trinajstić information content (AvgIpc) is 2.87. The number of nitrogens with zero attached hydrogens (tertiary/aromatic N) is 3. The molecule has 0 saturated heterocycles. The highest BCUT2D eigenvalue weighted by Gasteiger charge is 2.10. The molecule has 0 amide bonds. The van der Waals surface area contributed by atoms with Crippen molar-refractivity contribution in [2.45, 2.75) is 6.54 Å². The molecule has 0 aliphatic rings. The van der Waals surface area contributed by atoms with E-state index >= 15 is 0 Å². The summed E-state index contributed by atoms with van der Waals surface area (Å²) < 4.78 is 6.27. The molecule has 0 fully saturated rings. The Kier molecular flexibility index (Phi) is 4.16. The van der Waals surface area contributed by atoms with Gasteiger partial charge in [0, 0.05) is 11.2 Å². The molecule has 1 aromatic heterocycles. The van der Waals surface area contributed by atoms with Crippen molar-refractivity contribution in [2.24, 2.45) is 0 Å². The van der Waals surface area contributed by atoms with Gasteiger partial charge in [-0.05, 0) is 11.6 Å². The van der Waals surface area contributed by atoms with Gasteiger partial charge in [0.25, 0.3) is 0 Å². The van der Waals surface area contributed by atoms with Gasteiger partial charge in [0.2, 0.25) is 0 Å². The summed E-state index contributed by atoms with van der Waals surface area (Å²) in [5, 5.41) is 13.0. The summed E-state index contributed by atoms with van der Waals surface area (Å²) >= 11 is 6.04. The van der Waals surface area contributed by atoms with Crippen LogP contribution in [0.15, 0.2) is 36.7 Å². The number of carbonyl (C=O) groups is 1. The van der Waals surface area contributed by atoms with Gasteiger partial charge < -0.3 is 4.74 Å². The first-order valence-electron chi connectivity index (χ1n) is 5.50. The van der Waals surface area contributed by atoms with Gasteiger partial charge in [-0.2, -0.15) is 10.4 Å². The van der Waals surface area contributed by atoms with Crippen molar-refractivity contribution in [2.75, 3.05) is 6.61 Å². The number of halogens is 1. The lowest BCUT2D eigenvalue weighted by Crippen LogP contribution is -2.04. The van der Waals surface area contributed by atoms with Crippen LogP contribution >= 0.6 is 11.6 Å². The SMILES string of the molecule is N#CCOC(=O)c1cnn(Cc2ccccc2Cl)c1. The summed E-state index contributed by atoms with van der Waals surface area (Å²) in [5.41, 5.74) is 1.21.